The lowest BCUT2D eigenvalue weighted by Gasteiger charge is -2.10. The molecule has 0 unspecified atom stereocenters. The molecule has 0 bridgehead atoms. The summed E-state index contributed by atoms with van der Waals surface area (Å²) in [5.41, 5.74) is 5.72. The summed E-state index contributed by atoms with van der Waals surface area (Å²) in [7, 11) is 0. The van der Waals surface area contributed by atoms with Gasteiger partial charge in [-0.3, -0.25) is 10.1 Å². The van der Waals surface area contributed by atoms with Crippen LogP contribution in [0, 0.1) is 10.1 Å². The Morgan fingerprint density at radius 3 is 2.53 bits per heavy atom. The molecule has 5 nitrogen and oxygen atoms in total. The summed E-state index contributed by atoms with van der Waals surface area (Å²) in [4.78, 5) is 9.93. The second-order valence-electron chi connectivity index (χ2n) is 3.23. The molecule has 0 aliphatic carbocycles. The summed E-state index contributed by atoms with van der Waals surface area (Å²) in [6, 6.07) is 5.96. The Balaban J connectivity index is 2.53. The van der Waals surface area contributed by atoms with E-state index in [-0.39, 0.29) is 11.7 Å². The number of nitrogens with zero attached hydrogens (tertiary/aromatic N) is 1. The van der Waals surface area contributed by atoms with Gasteiger partial charge >= 0.3 is 0 Å². The number of hydrogen-bond acceptors (Lipinski definition) is 4. The first kappa shape index (κ1) is 11.5. The maximum absolute atomic E-state index is 10.4. The van der Waals surface area contributed by atoms with Crippen LogP contribution in [0.15, 0.2) is 24.3 Å². The summed E-state index contributed by atoms with van der Waals surface area (Å²) in [6.07, 6.45) is 0.840. The van der Waals surface area contributed by atoms with Gasteiger partial charge in [0.2, 0.25) is 0 Å². The van der Waals surface area contributed by atoms with Gasteiger partial charge in [0.25, 0.3) is 5.69 Å². The molecule has 2 N–H and O–H groups in total. The maximum atomic E-state index is 10.4. The third kappa shape index (κ3) is 3.55. The largest absolute Gasteiger partial charge is 0.492 e. The van der Waals surface area contributed by atoms with Crippen LogP contribution in [-0.4, -0.2) is 17.6 Å². The van der Waals surface area contributed by atoms with Gasteiger partial charge in [-0.2, -0.15) is 0 Å². The molecule has 0 aromatic heterocycles. The highest BCUT2D eigenvalue weighted by Gasteiger charge is 2.05. The van der Waals surface area contributed by atoms with Crippen LogP contribution in [0.5, 0.6) is 5.75 Å². The van der Waals surface area contributed by atoms with E-state index in [4.69, 9.17) is 10.5 Å². The number of non-ortho nitro benzene ring substituents is 1. The van der Waals surface area contributed by atoms with Crippen molar-refractivity contribution in [1.29, 1.82) is 0 Å². The molecule has 1 aromatic rings. The van der Waals surface area contributed by atoms with E-state index in [1.54, 1.807) is 12.1 Å². The molecule has 0 saturated carbocycles. The fourth-order valence-corrected chi connectivity index (χ4v) is 0.985. The standard InChI is InChI=1S/C10H14N2O3/c1-2-8(11)7-15-10-5-3-9(4-6-10)12(13)14/h3-6,8H,2,7,11H2,1H3/t8-/m0/s1. The molecule has 15 heavy (non-hydrogen) atoms. The molecule has 0 aliphatic heterocycles. The lowest BCUT2D eigenvalue weighted by molar-refractivity contribution is -0.384. The van der Waals surface area contributed by atoms with Crippen LogP contribution >= 0.6 is 0 Å². The van der Waals surface area contributed by atoms with Crippen molar-refractivity contribution >= 4 is 5.69 Å². The highest BCUT2D eigenvalue weighted by molar-refractivity contribution is 5.35. The van der Waals surface area contributed by atoms with Crippen LogP contribution in [-0.2, 0) is 0 Å². The van der Waals surface area contributed by atoms with E-state index >= 15 is 0 Å². The number of benzene rings is 1. The number of nitro benzene ring substituents is 1. The lowest BCUT2D eigenvalue weighted by atomic mass is 10.2. The molecular formula is C10H14N2O3. The summed E-state index contributed by atoms with van der Waals surface area (Å²) in [5.74, 6) is 0.601. The van der Waals surface area contributed by atoms with Gasteiger partial charge in [0.1, 0.15) is 12.4 Å². The van der Waals surface area contributed by atoms with Crippen LogP contribution in [0.2, 0.25) is 0 Å². The Hall–Kier alpha value is -1.62. The highest BCUT2D eigenvalue weighted by atomic mass is 16.6. The zero-order valence-corrected chi connectivity index (χ0v) is 8.55. The Labute approximate surface area is 88.0 Å². The van der Waals surface area contributed by atoms with Gasteiger partial charge in [-0.05, 0) is 18.6 Å². The van der Waals surface area contributed by atoms with Crippen molar-refractivity contribution in [1.82, 2.24) is 0 Å². The van der Waals surface area contributed by atoms with Gasteiger partial charge in [0, 0.05) is 18.2 Å². The van der Waals surface area contributed by atoms with Crippen LogP contribution in [0.25, 0.3) is 0 Å². The molecule has 0 fully saturated rings. The van der Waals surface area contributed by atoms with Gasteiger partial charge in [0.15, 0.2) is 0 Å². The van der Waals surface area contributed by atoms with Crippen LogP contribution in [0.1, 0.15) is 13.3 Å². The van der Waals surface area contributed by atoms with E-state index in [1.165, 1.54) is 12.1 Å². The number of rotatable bonds is 5. The molecular weight excluding hydrogens is 196 g/mol. The van der Waals surface area contributed by atoms with E-state index in [0.717, 1.165) is 6.42 Å². The van der Waals surface area contributed by atoms with E-state index in [9.17, 15) is 10.1 Å². The van der Waals surface area contributed by atoms with Crippen molar-refractivity contribution in [3.05, 3.63) is 34.4 Å². The van der Waals surface area contributed by atoms with Crippen LogP contribution in [0.4, 0.5) is 5.69 Å². The van der Waals surface area contributed by atoms with E-state index < -0.39 is 4.92 Å². The average molecular weight is 210 g/mol. The highest BCUT2D eigenvalue weighted by Crippen LogP contribution is 2.17. The minimum Gasteiger partial charge on any atom is -0.492 e. The second kappa shape index (κ2) is 5.31. The van der Waals surface area contributed by atoms with E-state index in [2.05, 4.69) is 0 Å². The van der Waals surface area contributed by atoms with Crippen molar-refractivity contribution < 1.29 is 9.66 Å². The summed E-state index contributed by atoms with van der Waals surface area (Å²) in [5, 5.41) is 10.4. The fraction of sp³-hybridized carbons (Fsp3) is 0.400. The predicted octanol–water partition coefficient (Wildman–Crippen LogP) is 1.71. The van der Waals surface area contributed by atoms with Crippen molar-refractivity contribution in [2.75, 3.05) is 6.61 Å². The number of nitrogens with two attached hydrogens (primary N) is 1. The van der Waals surface area contributed by atoms with E-state index in [1.807, 2.05) is 6.92 Å². The summed E-state index contributed by atoms with van der Waals surface area (Å²) >= 11 is 0. The topological polar surface area (TPSA) is 78.4 Å². The molecule has 0 heterocycles. The Morgan fingerprint density at radius 1 is 1.47 bits per heavy atom. The monoisotopic (exact) mass is 210 g/mol. The number of ether oxygens (including phenoxy) is 1. The van der Waals surface area contributed by atoms with Gasteiger partial charge < -0.3 is 10.5 Å². The Bertz CT molecular complexity index is 324. The Kier molecular flexibility index (Phi) is 4.05. The molecule has 0 aliphatic rings. The smallest absolute Gasteiger partial charge is 0.269 e. The Morgan fingerprint density at radius 2 is 2.07 bits per heavy atom. The third-order valence-corrected chi connectivity index (χ3v) is 2.04. The van der Waals surface area contributed by atoms with Crippen LogP contribution in [0.3, 0.4) is 0 Å². The minimum absolute atomic E-state index is 0.000178. The third-order valence-electron chi connectivity index (χ3n) is 2.04. The quantitative estimate of drug-likeness (QED) is 0.592. The molecule has 0 saturated heterocycles. The molecule has 1 aromatic carbocycles. The minimum atomic E-state index is -0.443. The van der Waals surface area contributed by atoms with Crippen molar-refractivity contribution in [3.8, 4) is 5.75 Å². The predicted molar refractivity (Wildman–Crippen MR) is 56.9 cm³/mol. The average Bonchev–Trinajstić information content (AvgIpc) is 2.26. The SMILES string of the molecule is CC[C@H](N)COc1ccc([N+](=O)[O-])cc1. The first-order chi connectivity index (χ1) is 7.13. The zero-order valence-electron chi connectivity index (χ0n) is 8.55. The normalized spacial score (nSPS) is 12.1. The van der Waals surface area contributed by atoms with Gasteiger partial charge in [-0.25, -0.2) is 0 Å². The van der Waals surface area contributed by atoms with Crippen molar-refractivity contribution in [2.24, 2.45) is 5.73 Å². The maximum Gasteiger partial charge on any atom is 0.269 e. The second-order valence-corrected chi connectivity index (χ2v) is 3.23. The summed E-state index contributed by atoms with van der Waals surface area (Å²) < 4.78 is 5.35. The first-order valence-electron chi connectivity index (χ1n) is 4.76. The molecule has 5 heteroatoms. The molecule has 1 rings (SSSR count). The first-order valence-corrected chi connectivity index (χ1v) is 4.76. The molecule has 1 atom stereocenters. The van der Waals surface area contributed by atoms with E-state index in [0.29, 0.717) is 12.4 Å². The lowest BCUT2D eigenvalue weighted by Crippen LogP contribution is -2.26. The van der Waals surface area contributed by atoms with Crippen molar-refractivity contribution in [2.45, 2.75) is 19.4 Å². The summed E-state index contributed by atoms with van der Waals surface area (Å²) in [6.45, 7) is 2.40. The molecule has 0 amide bonds. The van der Waals surface area contributed by atoms with Gasteiger partial charge in [-0.1, -0.05) is 6.92 Å². The fourth-order valence-electron chi connectivity index (χ4n) is 0.985. The van der Waals surface area contributed by atoms with Crippen molar-refractivity contribution in [3.63, 3.8) is 0 Å². The molecule has 0 spiro atoms. The number of hydrogen-bond donors (Lipinski definition) is 1. The van der Waals surface area contributed by atoms with Gasteiger partial charge in [0.05, 0.1) is 4.92 Å². The molecule has 82 valence electrons. The molecule has 0 radical (unpaired) electrons. The van der Waals surface area contributed by atoms with Crippen LogP contribution < -0.4 is 10.5 Å². The zero-order chi connectivity index (χ0) is 11.3. The van der Waals surface area contributed by atoms with Gasteiger partial charge in [-0.15, -0.1) is 0 Å². The number of nitro groups is 1.